The zero-order valence-electron chi connectivity index (χ0n) is 15.5. The van der Waals surface area contributed by atoms with Crippen molar-refractivity contribution in [2.24, 2.45) is 0 Å². The van der Waals surface area contributed by atoms with Gasteiger partial charge in [-0.15, -0.1) is 10.2 Å². The fourth-order valence-corrected chi connectivity index (χ4v) is 4.54. The smallest absolute Gasteiger partial charge is 0.293 e. The lowest BCUT2D eigenvalue weighted by Gasteiger charge is -2.17. The van der Waals surface area contributed by atoms with Crippen LogP contribution in [0.5, 0.6) is 5.75 Å². The van der Waals surface area contributed by atoms with Gasteiger partial charge >= 0.3 is 0 Å². The van der Waals surface area contributed by atoms with Crippen LogP contribution in [-0.4, -0.2) is 38.2 Å². The number of ether oxygens (including phenoxy) is 1. The Morgan fingerprint density at radius 1 is 1.21 bits per heavy atom. The Bertz CT molecular complexity index is 1120. The Kier molecular flexibility index (Phi) is 6.09. The second kappa shape index (κ2) is 8.53. The number of hydrogen-bond donors (Lipinski definition) is 1. The summed E-state index contributed by atoms with van der Waals surface area (Å²) >= 11 is 0.730. The Balaban J connectivity index is 1.64. The van der Waals surface area contributed by atoms with Crippen LogP contribution in [0.15, 0.2) is 52.9 Å². The van der Waals surface area contributed by atoms with E-state index in [-0.39, 0.29) is 16.1 Å². The van der Waals surface area contributed by atoms with Gasteiger partial charge in [-0.3, -0.25) is 14.4 Å². The number of aryl methyl sites for hydroxylation is 1. The third-order valence-corrected chi connectivity index (χ3v) is 6.75. The lowest BCUT2D eigenvalue weighted by Crippen LogP contribution is -2.26. The van der Waals surface area contributed by atoms with E-state index in [1.807, 2.05) is 13.0 Å². The molecule has 0 saturated heterocycles. The SMILES string of the molecule is Cc1cccc(N(C)S(=O)(=O)c2nnc(NC(=O)COc3ccc(F)cc3)s2)c1. The van der Waals surface area contributed by atoms with Gasteiger partial charge in [0.15, 0.2) is 6.61 Å². The second-order valence-electron chi connectivity index (χ2n) is 5.98. The van der Waals surface area contributed by atoms with Crippen LogP contribution in [0.25, 0.3) is 0 Å². The Labute approximate surface area is 171 Å². The van der Waals surface area contributed by atoms with Crippen LogP contribution in [-0.2, 0) is 14.8 Å². The number of sulfonamides is 1. The van der Waals surface area contributed by atoms with Gasteiger partial charge in [0, 0.05) is 7.05 Å². The molecule has 1 aromatic heterocycles. The van der Waals surface area contributed by atoms with Gasteiger partial charge in [0.25, 0.3) is 20.3 Å². The maximum atomic E-state index is 12.9. The molecule has 29 heavy (non-hydrogen) atoms. The van der Waals surface area contributed by atoms with Crippen molar-refractivity contribution in [1.29, 1.82) is 0 Å². The second-order valence-corrected chi connectivity index (χ2v) is 9.10. The molecule has 0 aliphatic rings. The zero-order valence-corrected chi connectivity index (χ0v) is 17.1. The summed E-state index contributed by atoms with van der Waals surface area (Å²) in [6, 6.07) is 12.2. The molecule has 2 aromatic carbocycles. The first-order valence-corrected chi connectivity index (χ1v) is 10.6. The summed E-state index contributed by atoms with van der Waals surface area (Å²) in [4.78, 5) is 12.0. The van der Waals surface area contributed by atoms with Crippen LogP contribution in [0.2, 0.25) is 0 Å². The van der Waals surface area contributed by atoms with E-state index in [2.05, 4.69) is 15.5 Å². The number of halogens is 1. The van der Waals surface area contributed by atoms with E-state index < -0.39 is 21.7 Å². The number of carbonyl (C=O) groups excluding carboxylic acids is 1. The van der Waals surface area contributed by atoms with Crippen molar-refractivity contribution in [3.8, 4) is 5.75 Å². The minimum atomic E-state index is -3.92. The Hall–Kier alpha value is -3.05. The third-order valence-electron chi connectivity index (χ3n) is 3.78. The topological polar surface area (TPSA) is 101 Å². The number of amides is 1. The summed E-state index contributed by atoms with van der Waals surface area (Å²) < 4.78 is 44.4. The van der Waals surface area contributed by atoms with Crippen molar-refractivity contribution in [2.75, 3.05) is 23.3 Å². The number of benzene rings is 2. The minimum absolute atomic E-state index is 0.0222. The summed E-state index contributed by atoms with van der Waals surface area (Å²) in [5.74, 6) is -0.650. The Morgan fingerprint density at radius 3 is 2.62 bits per heavy atom. The summed E-state index contributed by atoms with van der Waals surface area (Å²) in [6.45, 7) is 1.51. The number of rotatable bonds is 7. The number of aromatic nitrogens is 2. The molecule has 0 radical (unpaired) electrons. The molecule has 11 heteroatoms. The molecule has 0 aliphatic heterocycles. The first kappa shape index (κ1) is 20.7. The van der Waals surface area contributed by atoms with E-state index in [9.17, 15) is 17.6 Å². The van der Waals surface area contributed by atoms with Gasteiger partial charge in [-0.25, -0.2) is 4.39 Å². The monoisotopic (exact) mass is 436 g/mol. The van der Waals surface area contributed by atoms with Crippen molar-refractivity contribution in [2.45, 2.75) is 11.3 Å². The fraction of sp³-hybridized carbons (Fsp3) is 0.167. The van der Waals surface area contributed by atoms with Crippen molar-refractivity contribution >= 4 is 38.1 Å². The number of nitrogens with one attached hydrogen (secondary N) is 1. The summed E-state index contributed by atoms with van der Waals surface area (Å²) in [5, 5.41) is 9.84. The quantitative estimate of drug-likeness (QED) is 0.572. The number of nitrogens with zero attached hydrogens (tertiary/aromatic N) is 3. The molecular weight excluding hydrogens is 419 g/mol. The van der Waals surface area contributed by atoms with E-state index in [4.69, 9.17) is 4.74 Å². The lowest BCUT2D eigenvalue weighted by atomic mass is 10.2. The highest BCUT2D eigenvalue weighted by atomic mass is 32.2. The molecule has 0 fully saturated rings. The first-order valence-electron chi connectivity index (χ1n) is 8.33. The standard InChI is InChI=1S/C18H17FN4O4S2/c1-12-4-3-5-14(10-12)23(2)29(25,26)18-22-21-17(28-18)20-16(24)11-27-15-8-6-13(19)7-9-15/h3-10H,11H2,1-2H3,(H,20,21,24). The number of anilines is 2. The average Bonchev–Trinajstić information content (AvgIpc) is 3.16. The largest absolute Gasteiger partial charge is 0.484 e. The highest BCUT2D eigenvalue weighted by molar-refractivity contribution is 7.94. The summed E-state index contributed by atoms with van der Waals surface area (Å²) in [5.41, 5.74) is 1.40. The van der Waals surface area contributed by atoms with E-state index in [0.717, 1.165) is 21.2 Å². The van der Waals surface area contributed by atoms with Crippen LogP contribution in [0.4, 0.5) is 15.2 Å². The molecule has 0 unspecified atom stereocenters. The van der Waals surface area contributed by atoms with Gasteiger partial charge in [0.05, 0.1) is 5.69 Å². The number of carbonyl (C=O) groups is 1. The van der Waals surface area contributed by atoms with Gasteiger partial charge in [-0.2, -0.15) is 8.42 Å². The van der Waals surface area contributed by atoms with Gasteiger partial charge in [-0.1, -0.05) is 23.5 Å². The van der Waals surface area contributed by atoms with Gasteiger partial charge in [0.2, 0.25) is 5.13 Å². The van der Waals surface area contributed by atoms with E-state index in [1.54, 1.807) is 18.2 Å². The molecule has 1 amide bonds. The van der Waals surface area contributed by atoms with Crippen molar-refractivity contribution in [3.63, 3.8) is 0 Å². The molecule has 1 heterocycles. The molecule has 152 valence electrons. The molecule has 8 nitrogen and oxygen atoms in total. The van der Waals surface area contributed by atoms with Gasteiger partial charge in [-0.05, 0) is 48.9 Å². The van der Waals surface area contributed by atoms with E-state index in [0.29, 0.717) is 11.4 Å². The van der Waals surface area contributed by atoms with Crippen LogP contribution < -0.4 is 14.4 Å². The third kappa shape index (κ3) is 5.06. The van der Waals surface area contributed by atoms with Gasteiger partial charge in [0.1, 0.15) is 11.6 Å². The predicted octanol–water partition coefficient (Wildman–Crippen LogP) is 2.83. The fourth-order valence-electron chi connectivity index (χ4n) is 2.28. The summed E-state index contributed by atoms with van der Waals surface area (Å²) in [7, 11) is -2.51. The van der Waals surface area contributed by atoms with Crippen molar-refractivity contribution in [3.05, 3.63) is 59.9 Å². The van der Waals surface area contributed by atoms with Crippen molar-refractivity contribution in [1.82, 2.24) is 10.2 Å². The van der Waals surface area contributed by atoms with E-state index >= 15 is 0 Å². The molecule has 0 atom stereocenters. The van der Waals surface area contributed by atoms with Crippen LogP contribution in [0.1, 0.15) is 5.56 Å². The predicted molar refractivity (Wildman–Crippen MR) is 107 cm³/mol. The van der Waals surface area contributed by atoms with Crippen molar-refractivity contribution < 1.29 is 22.3 Å². The molecule has 0 bridgehead atoms. The zero-order chi connectivity index (χ0) is 21.0. The normalized spacial score (nSPS) is 11.1. The molecule has 0 saturated carbocycles. The lowest BCUT2D eigenvalue weighted by molar-refractivity contribution is -0.118. The highest BCUT2D eigenvalue weighted by Crippen LogP contribution is 2.26. The first-order chi connectivity index (χ1) is 13.8. The van der Waals surface area contributed by atoms with Gasteiger partial charge < -0.3 is 4.74 Å². The summed E-state index contributed by atoms with van der Waals surface area (Å²) in [6.07, 6.45) is 0. The molecule has 3 rings (SSSR count). The maximum Gasteiger partial charge on any atom is 0.293 e. The molecule has 1 N–H and O–H groups in total. The molecule has 3 aromatic rings. The van der Waals surface area contributed by atoms with Crippen LogP contribution >= 0.6 is 11.3 Å². The van der Waals surface area contributed by atoms with Crippen LogP contribution in [0.3, 0.4) is 0 Å². The minimum Gasteiger partial charge on any atom is -0.484 e. The number of hydrogen-bond acceptors (Lipinski definition) is 7. The molecule has 0 spiro atoms. The van der Waals surface area contributed by atoms with E-state index in [1.165, 1.54) is 31.3 Å². The maximum absolute atomic E-state index is 12.9. The molecular formula is C18H17FN4O4S2. The Morgan fingerprint density at radius 2 is 1.93 bits per heavy atom. The highest BCUT2D eigenvalue weighted by Gasteiger charge is 2.26. The average molecular weight is 436 g/mol. The molecule has 0 aliphatic carbocycles. The van der Waals surface area contributed by atoms with Crippen LogP contribution in [0, 0.1) is 12.7 Å².